The highest BCUT2D eigenvalue weighted by atomic mass is 19.5. The zero-order chi connectivity index (χ0) is 20.7. The second kappa shape index (κ2) is 14.7. The second-order valence-electron chi connectivity index (χ2n) is 2.30. The highest BCUT2D eigenvalue weighted by molar-refractivity contribution is 6.50. The van der Waals surface area contributed by atoms with Crippen molar-refractivity contribution in [2.24, 2.45) is 0 Å². The summed E-state index contributed by atoms with van der Waals surface area (Å²) in [7, 11) is -24.0. The molecule has 0 saturated carbocycles. The molecule has 148 valence electrons. The van der Waals surface area contributed by atoms with Gasteiger partial charge in [-0.1, -0.05) is 0 Å². The molecule has 0 aliphatic carbocycles. The molecule has 1 nitrogen and oxygen atoms in total. The van der Waals surface area contributed by atoms with Crippen LogP contribution in [0, 0.1) is 0 Å². The number of aliphatic hydroxyl groups excluding tert-OH is 1. The van der Waals surface area contributed by atoms with Gasteiger partial charge < -0.3 is 74.2 Å². The van der Waals surface area contributed by atoms with E-state index in [0.29, 0.717) is 0 Å². The van der Waals surface area contributed by atoms with Crippen LogP contribution in [-0.4, -0.2) is 40.7 Å². The van der Waals surface area contributed by atoms with Gasteiger partial charge in [-0.15, -0.1) is 0 Å². The van der Waals surface area contributed by atoms with Gasteiger partial charge in [-0.3, -0.25) is 0 Å². The van der Waals surface area contributed by atoms with E-state index in [1.165, 1.54) is 0 Å². The molecule has 0 saturated heterocycles. The van der Waals surface area contributed by atoms with Crippen molar-refractivity contribution in [3.8, 4) is 0 Å². The third-order valence-electron chi connectivity index (χ3n) is 0. The molecule has 0 radical (unpaired) electrons. The smallest absolute Gasteiger partial charge is 0.418 e. The van der Waals surface area contributed by atoms with Crippen LogP contribution in [0.15, 0.2) is 0 Å². The van der Waals surface area contributed by atoms with Crippen LogP contribution < -0.4 is 0 Å². The van der Waals surface area contributed by atoms with Crippen molar-refractivity contribution in [2.45, 2.75) is 6.92 Å². The molecule has 0 bridgehead atoms. The quantitative estimate of drug-likeness (QED) is 0.443. The molecule has 23 heavy (non-hydrogen) atoms. The average molecular weight is 393 g/mol. The fourth-order valence-electron chi connectivity index (χ4n) is 0. The van der Waals surface area contributed by atoms with E-state index in [1.54, 1.807) is 6.92 Å². The third-order valence-corrected chi connectivity index (χ3v) is 0. The summed E-state index contributed by atoms with van der Waals surface area (Å²) in [6.07, 6.45) is 0. The van der Waals surface area contributed by atoms with E-state index in [1.807, 2.05) is 0 Å². The minimum Gasteiger partial charge on any atom is -0.418 e. The van der Waals surface area contributed by atoms with Gasteiger partial charge in [0.1, 0.15) is 0 Å². The standard InChI is InChI=1S/C2H6O.4BF4/c1-2-3;4*2-1(3,4)5/h3H,2H2,1H3;;;;/q;4*-1. The van der Waals surface area contributed by atoms with Gasteiger partial charge in [0, 0.05) is 6.61 Å². The second-order valence-corrected chi connectivity index (χ2v) is 2.30. The molecule has 0 aromatic heterocycles. The fourth-order valence-corrected chi connectivity index (χ4v) is 0. The summed E-state index contributed by atoms with van der Waals surface area (Å²) < 4.78 is 156. The Balaban J connectivity index is -0.0000000593. The molecule has 0 fully saturated rings. The lowest BCUT2D eigenvalue weighted by Gasteiger charge is -1.94. The molecule has 0 unspecified atom stereocenters. The topological polar surface area (TPSA) is 20.2 Å². The van der Waals surface area contributed by atoms with Crippen LogP contribution in [0.3, 0.4) is 0 Å². The van der Waals surface area contributed by atoms with Gasteiger partial charge in [-0.05, 0) is 6.92 Å². The van der Waals surface area contributed by atoms with Gasteiger partial charge in [0.15, 0.2) is 0 Å². The lowest BCUT2D eigenvalue weighted by molar-refractivity contribution is 0.318. The molecule has 0 heterocycles. The van der Waals surface area contributed by atoms with Gasteiger partial charge in [-0.2, -0.15) is 0 Å². The molecule has 1 N–H and O–H groups in total. The number of hydrogen-bond donors (Lipinski definition) is 1. The highest BCUT2D eigenvalue weighted by Gasteiger charge is 2.21. The van der Waals surface area contributed by atoms with Crippen LogP contribution >= 0.6 is 0 Å². The third kappa shape index (κ3) is 9500. The van der Waals surface area contributed by atoms with Crippen molar-refractivity contribution in [1.29, 1.82) is 0 Å². The Hall–Kier alpha value is -0.900. The number of hydrogen-bond acceptors (Lipinski definition) is 1. The first kappa shape index (κ1) is 33.6. The van der Waals surface area contributed by atoms with E-state index in [0.717, 1.165) is 0 Å². The molecule has 0 amide bonds. The maximum Gasteiger partial charge on any atom is 0.673 e. The molecule has 0 aromatic carbocycles. The zero-order valence-electron chi connectivity index (χ0n) is 10.5. The minimum absolute atomic E-state index is 0.250. The van der Waals surface area contributed by atoms with E-state index < -0.39 is 29.0 Å². The summed E-state index contributed by atoms with van der Waals surface area (Å²) in [5, 5.41) is 7.57. The normalized spacial score (nSPS) is 11.2. The van der Waals surface area contributed by atoms with E-state index >= 15 is 0 Å². The van der Waals surface area contributed by atoms with E-state index in [-0.39, 0.29) is 6.61 Å². The predicted molar refractivity (Wildman–Crippen MR) is 53.5 cm³/mol. The Morgan fingerprint density at radius 2 is 0.435 bits per heavy atom. The summed E-state index contributed by atoms with van der Waals surface area (Å²) in [6, 6.07) is 0. The van der Waals surface area contributed by atoms with E-state index in [2.05, 4.69) is 0 Å². The molecule has 0 rings (SSSR count). The molecule has 0 aliphatic heterocycles. The first-order valence-corrected chi connectivity index (χ1v) is 4.51. The first-order chi connectivity index (χ1) is 9.41. The maximum atomic E-state index is 9.75. The monoisotopic (exact) mass is 394 g/mol. The minimum atomic E-state index is -6.00. The molecule has 0 atom stereocenters. The van der Waals surface area contributed by atoms with Crippen LogP contribution in [0.2, 0.25) is 0 Å². The summed E-state index contributed by atoms with van der Waals surface area (Å²) in [5.74, 6) is 0. The largest absolute Gasteiger partial charge is 0.673 e. The Morgan fingerprint density at radius 1 is 0.435 bits per heavy atom. The maximum absolute atomic E-state index is 9.75. The van der Waals surface area contributed by atoms with Gasteiger partial charge in [0.2, 0.25) is 0 Å². The number of rotatable bonds is 0. The summed E-state index contributed by atoms with van der Waals surface area (Å²) >= 11 is 0. The fraction of sp³-hybridized carbons (Fsp3) is 1.00. The Kier molecular flexibility index (Phi) is 21.5. The number of aliphatic hydroxyl groups is 1. The average Bonchev–Trinajstić information content (AvgIpc) is 1.87. The summed E-state index contributed by atoms with van der Waals surface area (Å²) in [6.45, 7) is 1.93. The van der Waals surface area contributed by atoms with Crippen molar-refractivity contribution in [2.75, 3.05) is 6.61 Å². The van der Waals surface area contributed by atoms with E-state index in [9.17, 15) is 69.1 Å². The Bertz CT molecular complexity index is 152. The molecule has 0 spiro atoms. The lowest BCUT2D eigenvalue weighted by Crippen LogP contribution is -2.02. The molecule has 0 aromatic rings. The van der Waals surface area contributed by atoms with Crippen LogP contribution in [0.1, 0.15) is 6.92 Å². The first-order valence-electron chi connectivity index (χ1n) is 4.51. The van der Waals surface area contributed by atoms with Crippen LogP contribution in [0.4, 0.5) is 69.1 Å². The predicted octanol–water partition coefficient (Wildman–Crippen LogP) is 5.20. The van der Waals surface area contributed by atoms with Crippen molar-refractivity contribution in [3.63, 3.8) is 0 Å². The van der Waals surface area contributed by atoms with Crippen molar-refractivity contribution < 1.29 is 74.2 Å². The lowest BCUT2D eigenvalue weighted by atomic mass is 10.3. The van der Waals surface area contributed by atoms with Gasteiger partial charge in [0.25, 0.3) is 0 Å². The van der Waals surface area contributed by atoms with Gasteiger partial charge >= 0.3 is 29.0 Å². The Morgan fingerprint density at radius 3 is 0.435 bits per heavy atom. The molecule has 0 aliphatic rings. The van der Waals surface area contributed by atoms with Crippen molar-refractivity contribution >= 4 is 29.0 Å². The Labute approximate surface area is 118 Å². The van der Waals surface area contributed by atoms with Crippen molar-refractivity contribution in [3.05, 3.63) is 0 Å². The van der Waals surface area contributed by atoms with Crippen LogP contribution in [-0.2, 0) is 0 Å². The number of halogens is 16. The van der Waals surface area contributed by atoms with Gasteiger partial charge in [0.05, 0.1) is 0 Å². The van der Waals surface area contributed by atoms with Crippen molar-refractivity contribution in [1.82, 2.24) is 0 Å². The molecule has 21 heteroatoms. The molecular weight excluding hydrogens is 387 g/mol. The van der Waals surface area contributed by atoms with E-state index in [4.69, 9.17) is 5.11 Å². The van der Waals surface area contributed by atoms with Gasteiger partial charge in [-0.25, -0.2) is 0 Å². The SMILES string of the molecule is CCO.F[B-](F)(F)F.F[B-](F)(F)F.F[B-](F)(F)F.F[B-](F)(F)F. The van der Waals surface area contributed by atoms with Crippen LogP contribution in [0.5, 0.6) is 0 Å². The van der Waals surface area contributed by atoms with Crippen LogP contribution in [0.25, 0.3) is 0 Å². The highest BCUT2D eigenvalue weighted by Crippen LogP contribution is 2.08. The zero-order valence-corrected chi connectivity index (χ0v) is 10.5. The molecular formula is C2H6B4F16O-4. The summed E-state index contributed by atoms with van der Waals surface area (Å²) in [4.78, 5) is 0. The summed E-state index contributed by atoms with van der Waals surface area (Å²) in [5.41, 5.74) is 0.